The summed E-state index contributed by atoms with van der Waals surface area (Å²) in [5, 5.41) is 0. The van der Waals surface area contributed by atoms with Crippen LogP contribution in [0.3, 0.4) is 0 Å². The molecule has 0 radical (unpaired) electrons. The first-order valence-electron chi connectivity index (χ1n) is 3.35. The summed E-state index contributed by atoms with van der Waals surface area (Å²) < 4.78 is 4.24. The number of carbonyl (C=O) groups is 2. The van der Waals surface area contributed by atoms with Crippen molar-refractivity contribution in [1.29, 1.82) is 0 Å². The molecule has 0 rings (SSSR count). The van der Waals surface area contributed by atoms with Gasteiger partial charge in [0.25, 0.3) is 0 Å². The van der Waals surface area contributed by atoms with Gasteiger partial charge < -0.3 is 4.74 Å². The Morgan fingerprint density at radius 3 is 2.64 bits per heavy atom. The van der Waals surface area contributed by atoms with Gasteiger partial charge in [0.15, 0.2) is 6.29 Å². The van der Waals surface area contributed by atoms with Crippen LogP contribution in [0.4, 0.5) is 4.79 Å². The molecule has 0 fully saturated rings. The van der Waals surface area contributed by atoms with Gasteiger partial charge in [0, 0.05) is 0 Å². The normalized spacial score (nSPS) is 10.9. The maximum atomic E-state index is 10.5. The van der Waals surface area contributed by atoms with E-state index in [9.17, 15) is 9.59 Å². The van der Waals surface area contributed by atoms with Crippen molar-refractivity contribution < 1.29 is 14.3 Å². The third-order valence-electron chi connectivity index (χ3n) is 1.05. The average Bonchev–Trinajstić information content (AvgIpc) is 2.03. The van der Waals surface area contributed by atoms with E-state index in [-0.39, 0.29) is 5.71 Å². The number of methoxy groups -OCH3 is 1. The number of rotatable bonds is 3. The van der Waals surface area contributed by atoms with Crippen molar-refractivity contribution in [1.82, 2.24) is 0 Å². The quantitative estimate of drug-likeness (QED) is 0.456. The van der Waals surface area contributed by atoms with Crippen LogP contribution < -0.4 is 0 Å². The number of hydrogen-bond donors (Lipinski definition) is 0. The molecule has 0 bridgehead atoms. The average molecular weight is 157 g/mol. The van der Waals surface area contributed by atoms with E-state index in [2.05, 4.69) is 9.73 Å². The van der Waals surface area contributed by atoms with Crippen LogP contribution in [-0.4, -0.2) is 25.2 Å². The van der Waals surface area contributed by atoms with Crippen molar-refractivity contribution in [2.45, 2.75) is 19.8 Å². The minimum atomic E-state index is -0.722. The zero-order valence-electron chi connectivity index (χ0n) is 6.66. The van der Waals surface area contributed by atoms with E-state index in [1.165, 1.54) is 7.11 Å². The van der Waals surface area contributed by atoms with Crippen LogP contribution in [0.15, 0.2) is 4.99 Å². The Kier molecular flexibility index (Phi) is 4.98. The van der Waals surface area contributed by atoms with Crippen molar-refractivity contribution in [3.63, 3.8) is 0 Å². The van der Waals surface area contributed by atoms with E-state index in [0.717, 1.165) is 6.42 Å². The molecule has 4 heteroatoms. The molecule has 0 aromatic rings. The Balaban J connectivity index is 4.10. The van der Waals surface area contributed by atoms with Gasteiger partial charge in [-0.3, -0.25) is 4.79 Å². The van der Waals surface area contributed by atoms with E-state index in [1.807, 2.05) is 6.92 Å². The Hall–Kier alpha value is -1.19. The third-order valence-corrected chi connectivity index (χ3v) is 1.05. The molecule has 1 amide bonds. The smallest absolute Gasteiger partial charge is 0.433 e. The van der Waals surface area contributed by atoms with Crippen molar-refractivity contribution in [2.75, 3.05) is 7.11 Å². The number of carbonyl (C=O) groups excluding carboxylic acids is 2. The number of nitrogens with zero attached hydrogens (tertiary/aromatic N) is 1. The van der Waals surface area contributed by atoms with E-state index < -0.39 is 6.09 Å². The van der Waals surface area contributed by atoms with Gasteiger partial charge in [-0.1, -0.05) is 13.3 Å². The van der Waals surface area contributed by atoms with Gasteiger partial charge >= 0.3 is 6.09 Å². The highest BCUT2D eigenvalue weighted by molar-refractivity contribution is 6.30. The molecule has 0 N–H and O–H groups in total. The summed E-state index contributed by atoms with van der Waals surface area (Å²) in [5.41, 5.74) is 0.236. The molecule has 11 heavy (non-hydrogen) atoms. The highest BCUT2D eigenvalue weighted by atomic mass is 16.5. The summed E-state index contributed by atoms with van der Waals surface area (Å²) in [6.45, 7) is 1.90. The van der Waals surface area contributed by atoms with Gasteiger partial charge in [-0.25, -0.2) is 4.79 Å². The summed E-state index contributed by atoms with van der Waals surface area (Å²) in [4.78, 5) is 24.1. The first kappa shape index (κ1) is 9.81. The lowest BCUT2D eigenvalue weighted by molar-refractivity contribution is -0.102. The first-order chi connectivity index (χ1) is 5.24. The summed E-state index contributed by atoms with van der Waals surface area (Å²) >= 11 is 0. The zero-order chi connectivity index (χ0) is 8.69. The molecular weight excluding hydrogens is 146 g/mol. The minimum Gasteiger partial charge on any atom is -0.451 e. The van der Waals surface area contributed by atoms with Gasteiger partial charge in [0.05, 0.1) is 12.8 Å². The maximum Gasteiger partial charge on any atom is 0.433 e. The predicted octanol–water partition coefficient (Wildman–Crippen LogP) is 1.19. The molecule has 0 heterocycles. The molecule has 0 unspecified atom stereocenters. The Labute approximate surface area is 65.3 Å². The fourth-order valence-corrected chi connectivity index (χ4v) is 0.560. The molecule has 0 saturated carbocycles. The maximum absolute atomic E-state index is 10.5. The molecule has 0 aliphatic rings. The molecule has 0 aromatic heterocycles. The fourth-order valence-electron chi connectivity index (χ4n) is 0.560. The van der Waals surface area contributed by atoms with Crippen LogP contribution in [0.5, 0.6) is 0 Å². The molecular formula is C7H11NO3. The van der Waals surface area contributed by atoms with Crippen molar-refractivity contribution in [2.24, 2.45) is 4.99 Å². The summed E-state index contributed by atoms with van der Waals surface area (Å²) in [6.07, 6.45) is 1.15. The Morgan fingerprint density at radius 1 is 1.64 bits per heavy atom. The van der Waals surface area contributed by atoms with Crippen molar-refractivity contribution in [3.8, 4) is 0 Å². The van der Waals surface area contributed by atoms with Crippen LogP contribution in [0.25, 0.3) is 0 Å². The monoisotopic (exact) mass is 157 g/mol. The number of aliphatic imine (C=N–C) groups is 1. The van der Waals surface area contributed by atoms with Gasteiger partial charge in [-0.15, -0.1) is 0 Å². The van der Waals surface area contributed by atoms with E-state index in [0.29, 0.717) is 12.7 Å². The first-order valence-corrected chi connectivity index (χ1v) is 3.35. The van der Waals surface area contributed by atoms with Gasteiger partial charge in [0.2, 0.25) is 0 Å². The highest BCUT2D eigenvalue weighted by Crippen LogP contribution is 1.91. The number of ether oxygens (including phenoxy) is 1. The van der Waals surface area contributed by atoms with Crippen LogP contribution in [0, 0.1) is 0 Å². The summed E-state index contributed by atoms with van der Waals surface area (Å²) in [6, 6.07) is 0. The van der Waals surface area contributed by atoms with Crippen molar-refractivity contribution in [3.05, 3.63) is 0 Å². The van der Waals surface area contributed by atoms with Crippen molar-refractivity contribution >= 4 is 18.1 Å². The second-order valence-corrected chi connectivity index (χ2v) is 1.94. The SMILES string of the molecule is CCCC(C=O)=NC(=O)OC. The second-order valence-electron chi connectivity index (χ2n) is 1.94. The number of hydrogen-bond acceptors (Lipinski definition) is 3. The molecule has 0 aromatic carbocycles. The fraction of sp³-hybridized carbons (Fsp3) is 0.571. The van der Waals surface area contributed by atoms with Gasteiger partial charge in [-0.2, -0.15) is 4.99 Å². The molecule has 0 aliphatic carbocycles. The molecule has 0 atom stereocenters. The van der Waals surface area contributed by atoms with E-state index in [4.69, 9.17) is 0 Å². The lowest BCUT2D eigenvalue weighted by Gasteiger charge is -1.93. The third kappa shape index (κ3) is 4.25. The standard InChI is InChI=1S/C7H11NO3/c1-3-4-6(5-9)8-7(10)11-2/h5H,3-4H2,1-2H3. The number of aldehydes is 1. The van der Waals surface area contributed by atoms with E-state index >= 15 is 0 Å². The second kappa shape index (κ2) is 5.58. The topological polar surface area (TPSA) is 55.7 Å². The summed E-state index contributed by atoms with van der Waals surface area (Å²) in [7, 11) is 1.22. The lowest BCUT2D eigenvalue weighted by atomic mass is 10.2. The summed E-state index contributed by atoms with van der Waals surface area (Å²) in [5.74, 6) is 0. The van der Waals surface area contributed by atoms with Crippen LogP contribution in [-0.2, 0) is 9.53 Å². The van der Waals surface area contributed by atoms with E-state index in [1.54, 1.807) is 0 Å². The van der Waals surface area contributed by atoms with Crippen LogP contribution >= 0.6 is 0 Å². The lowest BCUT2D eigenvalue weighted by Crippen LogP contribution is -2.04. The zero-order valence-corrected chi connectivity index (χ0v) is 6.66. The molecule has 0 aliphatic heterocycles. The van der Waals surface area contributed by atoms with Crippen LogP contribution in [0.2, 0.25) is 0 Å². The molecule has 4 nitrogen and oxygen atoms in total. The predicted molar refractivity (Wildman–Crippen MR) is 40.8 cm³/mol. The van der Waals surface area contributed by atoms with Gasteiger partial charge in [0.1, 0.15) is 0 Å². The highest BCUT2D eigenvalue weighted by Gasteiger charge is 1.99. The van der Waals surface area contributed by atoms with Crippen LogP contribution in [0.1, 0.15) is 19.8 Å². The molecule has 0 saturated heterocycles. The molecule has 62 valence electrons. The number of amides is 1. The Morgan fingerprint density at radius 2 is 2.27 bits per heavy atom. The largest absolute Gasteiger partial charge is 0.451 e. The van der Waals surface area contributed by atoms with Gasteiger partial charge in [-0.05, 0) is 6.42 Å². The Bertz CT molecular complexity index is 175. The minimum absolute atomic E-state index is 0.236. The molecule has 0 spiro atoms.